The number of hydrogen-bond acceptors (Lipinski definition) is 5. The van der Waals surface area contributed by atoms with Gasteiger partial charge in [0.1, 0.15) is 11.8 Å². The first-order valence-electron chi connectivity index (χ1n) is 10.2. The van der Waals surface area contributed by atoms with E-state index in [-0.39, 0.29) is 37.0 Å². The average molecular weight is 461 g/mol. The molecule has 2 rings (SSSR count). The van der Waals surface area contributed by atoms with Crippen LogP contribution in [0.5, 0.6) is 0 Å². The molecule has 9 heteroatoms. The van der Waals surface area contributed by atoms with Gasteiger partial charge in [-0.15, -0.1) is 6.58 Å². The number of hydrogen-bond donors (Lipinski definition) is 2. The van der Waals surface area contributed by atoms with Crippen molar-refractivity contribution in [2.75, 3.05) is 11.9 Å². The van der Waals surface area contributed by atoms with Gasteiger partial charge in [-0.05, 0) is 33.8 Å². The van der Waals surface area contributed by atoms with Crippen molar-refractivity contribution in [3.8, 4) is 0 Å². The molecule has 1 aromatic carbocycles. The van der Waals surface area contributed by atoms with Crippen LogP contribution in [-0.4, -0.2) is 39.9 Å². The van der Waals surface area contributed by atoms with E-state index < -0.39 is 17.5 Å². The highest BCUT2D eigenvalue weighted by molar-refractivity contribution is 6.31. The van der Waals surface area contributed by atoms with Crippen LogP contribution in [0.2, 0.25) is 5.02 Å². The van der Waals surface area contributed by atoms with E-state index in [1.54, 1.807) is 37.3 Å². The number of rotatable bonds is 9. The van der Waals surface area contributed by atoms with Gasteiger partial charge in [0.05, 0.1) is 0 Å². The van der Waals surface area contributed by atoms with Gasteiger partial charge in [0.25, 0.3) is 0 Å². The molecule has 0 aliphatic rings. The van der Waals surface area contributed by atoms with Gasteiger partial charge in [-0.1, -0.05) is 41.0 Å². The Bertz CT molecular complexity index is 980. The predicted molar refractivity (Wildman–Crippen MR) is 123 cm³/mol. The lowest BCUT2D eigenvalue weighted by Crippen LogP contribution is -2.49. The third kappa shape index (κ3) is 7.23. The number of anilines is 1. The number of aryl methyl sites for hydroxylation is 1. The Morgan fingerprint density at radius 1 is 1.25 bits per heavy atom. The Morgan fingerprint density at radius 3 is 2.50 bits per heavy atom. The van der Waals surface area contributed by atoms with Gasteiger partial charge < -0.3 is 20.1 Å². The maximum Gasteiger partial charge on any atom is 0.247 e. The summed E-state index contributed by atoms with van der Waals surface area (Å²) in [4.78, 5) is 40.0. The minimum Gasteiger partial charge on any atom is -0.360 e. The zero-order chi connectivity index (χ0) is 23.9. The number of amides is 3. The average Bonchev–Trinajstić information content (AvgIpc) is 3.10. The molecule has 2 N–H and O–H groups in total. The summed E-state index contributed by atoms with van der Waals surface area (Å²) in [5.74, 6) is -0.310. The highest BCUT2D eigenvalue weighted by atomic mass is 35.5. The fourth-order valence-electron chi connectivity index (χ4n) is 3.07. The fourth-order valence-corrected chi connectivity index (χ4v) is 3.31. The van der Waals surface area contributed by atoms with Crippen molar-refractivity contribution in [2.24, 2.45) is 0 Å². The van der Waals surface area contributed by atoms with E-state index in [2.05, 4.69) is 22.4 Å². The molecule has 0 aliphatic heterocycles. The molecule has 0 unspecified atom stereocenters. The predicted octanol–water partition coefficient (Wildman–Crippen LogP) is 4.03. The van der Waals surface area contributed by atoms with Gasteiger partial charge >= 0.3 is 0 Å². The fraction of sp³-hybridized carbons (Fsp3) is 0.391. The lowest BCUT2D eigenvalue weighted by atomic mass is 10.0. The molecular formula is C23H29ClN4O4. The highest BCUT2D eigenvalue weighted by Crippen LogP contribution is 2.29. The lowest BCUT2D eigenvalue weighted by molar-refractivity contribution is -0.141. The van der Waals surface area contributed by atoms with Gasteiger partial charge in [0, 0.05) is 41.6 Å². The molecule has 0 fully saturated rings. The van der Waals surface area contributed by atoms with E-state index >= 15 is 0 Å². The second-order valence-corrected chi connectivity index (χ2v) is 8.78. The van der Waals surface area contributed by atoms with Gasteiger partial charge in [0.2, 0.25) is 17.7 Å². The second-order valence-electron chi connectivity index (χ2n) is 8.37. The van der Waals surface area contributed by atoms with Crippen molar-refractivity contribution >= 4 is 35.1 Å². The molecule has 0 bridgehead atoms. The van der Waals surface area contributed by atoms with E-state index in [0.29, 0.717) is 16.3 Å². The van der Waals surface area contributed by atoms with Gasteiger partial charge in [-0.3, -0.25) is 14.4 Å². The summed E-state index contributed by atoms with van der Waals surface area (Å²) < 4.78 is 4.91. The van der Waals surface area contributed by atoms with Crippen molar-refractivity contribution in [1.82, 2.24) is 15.4 Å². The molecule has 8 nitrogen and oxygen atoms in total. The summed E-state index contributed by atoms with van der Waals surface area (Å²) in [6.07, 6.45) is 1.33. The van der Waals surface area contributed by atoms with E-state index in [9.17, 15) is 14.4 Å². The zero-order valence-electron chi connectivity index (χ0n) is 18.8. The van der Waals surface area contributed by atoms with Crippen molar-refractivity contribution in [3.05, 3.63) is 59.3 Å². The SMILES string of the molecule is C=CCN(C(=O)CCC(=O)Nc1cc(C)on1)[C@@H](C(=O)NC(C)(C)C)c1ccccc1Cl. The quantitative estimate of drug-likeness (QED) is 0.550. The molecule has 1 aromatic heterocycles. The molecule has 0 saturated heterocycles. The first kappa shape index (κ1) is 25.1. The van der Waals surface area contributed by atoms with Gasteiger partial charge in [-0.2, -0.15) is 0 Å². The van der Waals surface area contributed by atoms with Crippen molar-refractivity contribution in [3.63, 3.8) is 0 Å². The van der Waals surface area contributed by atoms with E-state index in [1.165, 1.54) is 11.0 Å². The number of halogens is 1. The third-order valence-electron chi connectivity index (χ3n) is 4.37. The Hall–Kier alpha value is -3.13. The van der Waals surface area contributed by atoms with Crippen LogP contribution >= 0.6 is 11.6 Å². The Kier molecular flexibility index (Phi) is 8.60. The van der Waals surface area contributed by atoms with Crippen LogP contribution in [0.4, 0.5) is 5.82 Å². The monoisotopic (exact) mass is 460 g/mol. The summed E-state index contributed by atoms with van der Waals surface area (Å²) in [5.41, 5.74) is -0.0246. The highest BCUT2D eigenvalue weighted by Gasteiger charge is 2.33. The van der Waals surface area contributed by atoms with E-state index in [0.717, 1.165) is 0 Å². The molecule has 0 radical (unpaired) electrons. The van der Waals surface area contributed by atoms with Crippen LogP contribution in [0.3, 0.4) is 0 Å². The number of aromatic nitrogens is 1. The van der Waals surface area contributed by atoms with Crippen LogP contribution in [0.15, 0.2) is 47.5 Å². The summed E-state index contributed by atoms with van der Waals surface area (Å²) in [6, 6.07) is 7.47. The molecular weight excluding hydrogens is 432 g/mol. The molecule has 0 saturated carbocycles. The maximum atomic E-state index is 13.2. The Balaban J connectivity index is 2.23. The lowest BCUT2D eigenvalue weighted by Gasteiger charge is -2.33. The van der Waals surface area contributed by atoms with Crippen molar-refractivity contribution in [2.45, 2.75) is 52.1 Å². The van der Waals surface area contributed by atoms with E-state index in [4.69, 9.17) is 16.1 Å². The van der Waals surface area contributed by atoms with Crippen LogP contribution < -0.4 is 10.6 Å². The first-order valence-corrected chi connectivity index (χ1v) is 10.6. The van der Waals surface area contributed by atoms with Crippen LogP contribution in [0.1, 0.15) is 51.0 Å². The second kappa shape index (κ2) is 10.9. The van der Waals surface area contributed by atoms with Crippen LogP contribution in [0.25, 0.3) is 0 Å². The van der Waals surface area contributed by atoms with Gasteiger partial charge in [-0.25, -0.2) is 0 Å². The van der Waals surface area contributed by atoms with Crippen molar-refractivity contribution < 1.29 is 18.9 Å². The number of nitrogens with zero attached hydrogens (tertiary/aromatic N) is 2. The molecule has 0 spiro atoms. The number of carbonyl (C=O) groups excluding carboxylic acids is 3. The molecule has 32 heavy (non-hydrogen) atoms. The molecule has 3 amide bonds. The first-order chi connectivity index (χ1) is 15.0. The number of carbonyl (C=O) groups is 3. The number of benzene rings is 1. The van der Waals surface area contributed by atoms with Crippen LogP contribution in [0, 0.1) is 6.92 Å². The topological polar surface area (TPSA) is 105 Å². The van der Waals surface area contributed by atoms with Crippen molar-refractivity contribution in [1.29, 1.82) is 0 Å². The summed E-state index contributed by atoms with van der Waals surface area (Å²) >= 11 is 6.38. The summed E-state index contributed by atoms with van der Waals surface area (Å²) in [5, 5.41) is 9.56. The molecule has 0 aliphatic carbocycles. The minimum atomic E-state index is -0.977. The summed E-state index contributed by atoms with van der Waals surface area (Å²) in [6.45, 7) is 11.1. The summed E-state index contributed by atoms with van der Waals surface area (Å²) in [7, 11) is 0. The van der Waals surface area contributed by atoms with Gasteiger partial charge in [0.15, 0.2) is 5.82 Å². The minimum absolute atomic E-state index is 0.0888. The molecule has 2 aromatic rings. The molecule has 1 heterocycles. The largest absolute Gasteiger partial charge is 0.360 e. The molecule has 172 valence electrons. The smallest absolute Gasteiger partial charge is 0.247 e. The Labute approximate surface area is 193 Å². The third-order valence-corrected chi connectivity index (χ3v) is 4.71. The Morgan fingerprint density at radius 2 is 1.94 bits per heavy atom. The molecule has 1 atom stereocenters. The maximum absolute atomic E-state index is 13.2. The number of nitrogens with one attached hydrogen (secondary N) is 2. The van der Waals surface area contributed by atoms with Crippen LogP contribution in [-0.2, 0) is 14.4 Å². The zero-order valence-corrected chi connectivity index (χ0v) is 19.5. The standard InChI is InChI=1S/C23H29ClN4O4/c1-6-13-28(20(30)12-11-19(29)25-18-14-15(2)32-27-18)21(22(31)26-23(3,4)5)16-9-7-8-10-17(16)24/h6-10,14,21H,1,11-13H2,2-5H3,(H,26,31)(H,25,27,29)/t21-/m1/s1. The normalized spacial score (nSPS) is 12.0. The van der Waals surface area contributed by atoms with E-state index in [1.807, 2.05) is 20.8 Å².